The third-order valence-electron chi connectivity index (χ3n) is 4.44. The van der Waals surface area contributed by atoms with E-state index in [2.05, 4.69) is 10.2 Å². The van der Waals surface area contributed by atoms with Crippen LogP contribution in [0.3, 0.4) is 0 Å². The lowest BCUT2D eigenvalue weighted by Gasteiger charge is -2.23. The Labute approximate surface area is 154 Å². The van der Waals surface area contributed by atoms with Gasteiger partial charge < -0.3 is 15.1 Å². The zero-order valence-corrected chi connectivity index (χ0v) is 15.6. The Hall–Kier alpha value is -2.41. The second-order valence-electron chi connectivity index (χ2n) is 6.74. The molecule has 26 heavy (non-hydrogen) atoms. The van der Waals surface area contributed by atoms with Crippen molar-refractivity contribution in [3.63, 3.8) is 0 Å². The van der Waals surface area contributed by atoms with Gasteiger partial charge in [0.1, 0.15) is 0 Å². The van der Waals surface area contributed by atoms with Gasteiger partial charge in [-0.3, -0.25) is 19.3 Å². The first kappa shape index (κ1) is 19.9. The van der Waals surface area contributed by atoms with E-state index in [1.807, 2.05) is 30.3 Å². The first-order valence-electron chi connectivity index (χ1n) is 8.96. The molecule has 0 atom stereocenters. The molecule has 1 aliphatic heterocycles. The van der Waals surface area contributed by atoms with Gasteiger partial charge in [0, 0.05) is 40.3 Å². The maximum atomic E-state index is 12.4. The molecule has 7 heteroatoms. The molecule has 7 nitrogen and oxygen atoms in total. The van der Waals surface area contributed by atoms with Gasteiger partial charge in [0.2, 0.25) is 17.7 Å². The van der Waals surface area contributed by atoms with Crippen LogP contribution in [0.5, 0.6) is 0 Å². The molecule has 0 saturated carbocycles. The van der Waals surface area contributed by atoms with Gasteiger partial charge in [-0.05, 0) is 12.0 Å². The fourth-order valence-electron chi connectivity index (χ4n) is 2.84. The van der Waals surface area contributed by atoms with Gasteiger partial charge in [-0.2, -0.15) is 0 Å². The number of carbonyl (C=O) groups is 3. The van der Waals surface area contributed by atoms with Crippen molar-refractivity contribution in [3.8, 4) is 0 Å². The monoisotopic (exact) mass is 360 g/mol. The van der Waals surface area contributed by atoms with E-state index >= 15 is 0 Å². The van der Waals surface area contributed by atoms with Crippen LogP contribution in [0, 0.1) is 0 Å². The smallest absolute Gasteiger partial charge is 0.242 e. The Morgan fingerprint density at radius 1 is 1.04 bits per heavy atom. The molecule has 1 saturated heterocycles. The lowest BCUT2D eigenvalue weighted by Crippen LogP contribution is -2.43. The van der Waals surface area contributed by atoms with Crippen LogP contribution in [-0.4, -0.2) is 85.8 Å². The van der Waals surface area contributed by atoms with Gasteiger partial charge >= 0.3 is 0 Å². The molecule has 1 aromatic carbocycles. The maximum absolute atomic E-state index is 12.4. The van der Waals surface area contributed by atoms with Gasteiger partial charge in [-0.1, -0.05) is 30.3 Å². The highest BCUT2D eigenvalue weighted by atomic mass is 16.2. The minimum atomic E-state index is -0.155. The molecule has 142 valence electrons. The SMILES string of the molecule is CN(C)C(=O)CN1CCCN(C(=O)CNC(=O)Cc2ccccc2)CC1. The molecule has 0 radical (unpaired) electrons. The zero-order valence-electron chi connectivity index (χ0n) is 15.6. The van der Waals surface area contributed by atoms with E-state index in [1.54, 1.807) is 23.9 Å². The van der Waals surface area contributed by atoms with E-state index in [4.69, 9.17) is 0 Å². The van der Waals surface area contributed by atoms with Gasteiger partial charge in [-0.15, -0.1) is 0 Å². The molecule has 2 rings (SSSR count). The number of rotatable bonds is 6. The minimum Gasteiger partial charge on any atom is -0.348 e. The zero-order chi connectivity index (χ0) is 18.9. The number of nitrogens with one attached hydrogen (secondary N) is 1. The van der Waals surface area contributed by atoms with Crippen molar-refractivity contribution in [1.82, 2.24) is 20.0 Å². The molecular formula is C19H28N4O3. The Balaban J connectivity index is 1.74. The Bertz CT molecular complexity index is 618. The molecule has 1 aliphatic rings. The van der Waals surface area contributed by atoms with Crippen LogP contribution < -0.4 is 5.32 Å². The molecule has 0 spiro atoms. The fraction of sp³-hybridized carbons (Fsp3) is 0.526. The highest BCUT2D eigenvalue weighted by Crippen LogP contribution is 2.04. The van der Waals surface area contributed by atoms with Crippen molar-refractivity contribution in [2.75, 3.05) is 53.4 Å². The van der Waals surface area contributed by atoms with E-state index in [-0.39, 0.29) is 30.7 Å². The summed E-state index contributed by atoms with van der Waals surface area (Å²) >= 11 is 0. The highest BCUT2D eigenvalue weighted by molar-refractivity contribution is 5.85. The lowest BCUT2D eigenvalue weighted by atomic mass is 10.1. The molecular weight excluding hydrogens is 332 g/mol. The summed E-state index contributed by atoms with van der Waals surface area (Å²) in [5, 5.41) is 2.70. The molecule has 1 fully saturated rings. The van der Waals surface area contributed by atoms with E-state index < -0.39 is 0 Å². The highest BCUT2D eigenvalue weighted by Gasteiger charge is 2.21. The number of benzene rings is 1. The molecule has 0 bridgehead atoms. The van der Waals surface area contributed by atoms with E-state index in [0.717, 1.165) is 18.5 Å². The molecule has 0 unspecified atom stereocenters. The normalized spacial score (nSPS) is 15.2. The first-order chi connectivity index (χ1) is 12.5. The van der Waals surface area contributed by atoms with Crippen LogP contribution in [0.1, 0.15) is 12.0 Å². The molecule has 1 aromatic rings. The Kier molecular flexibility index (Phi) is 7.59. The van der Waals surface area contributed by atoms with Crippen LogP contribution in [0.25, 0.3) is 0 Å². The average Bonchev–Trinajstić information content (AvgIpc) is 2.86. The van der Waals surface area contributed by atoms with E-state index in [9.17, 15) is 14.4 Å². The summed E-state index contributed by atoms with van der Waals surface area (Å²) < 4.78 is 0. The number of nitrogens with zero attached hydrogens (tertiary/aromatic N) is 3. The lowest BCUT2D eigenvalue weighted by molar-refractivity contribution is -0.132. The third kappa shape index (κ3) is 6.48. The number of carbonyl (C=O) groups excluding carboxylic acids is 3. The average molecular weight is 360 g/mol. The standard InChI is InChI=1S/C19H28N4O3/c1-21(2)19(26)15-22-9-6-10-23(12-11-22)18(25)14-20-17(24)13-16-7-4-3-5-8-16/h3-5,7-8H,6,9-15H2,1-2H3,(H,20,24). The van der Waals surface area contributed by atoms with E-state index in [1.165, 1.54) is 0 Å². The second-order valence-corrected chi connectivity index (χ2v) is 6.74. The summed E-state index contributed by atoms with van der Waals surface area (Å²) in [6.07, 6.45) is 1.10. The second kappa shape index (κ2) is 9.91. The molecule has 1 N–H and O–H groups in total. The third-order valence-corrected chi connectivity index (χ3v) is 4.44. The number of likely N-dealkylation sites (N-methyl/N-ethyl adjacent to an activating group) is 1. The van der Waals surface area contributed by atoms with Gasteiger partial charge in [0.25, 0.3) is 0 Å². The summed E-state index contributed by atoms with van der Waals surface area (Å²) in [5.41, 5.74) is 0.924. The molecule has 3 amide bonds. The number of hydrogen-bond acceptors (Lipinski definition) is 4. The largest absolute Gasteiger partial charge is 0.348 e. The summed E-state index contributed by atoms with van der Waals surface area (Å²) in [5.74, 6) is -0.164. The summed E-state index contributed by atoms with van der Waals surface area (Å²) in [4.78, 5) is 41.6. The van der Waals surface area contributed by atoms with Crippen LogP contribution in [0.4, 0.5) is 0 Å². The number of amides is 3. The fourth-order valence-corrected chi connectivity index (χ4v) is 2.84. The van der Waals surface area contributed by atoms with Crippen LogP contribution >= 0.6 is 0 Å². The van der Waals surface area contributed by atoms with Gasteiger partial charge in [0.15, 0.2) is 0 Å². The predicted molar refractivity (Wildman–Crippen MR) is 99.5 cm³/mol. The van der Waals surface area contributed by atoms with Crippen LogP contribution in [0.15, 0.2) is 30.3 Å². The van der Waals surface area contributed by atoms with Crippen molar-refractivity contribution in [2.24, 2.45) is 0 Å². The summed E-state index contributed by atoms with van der Waals surface area (Å²) in [6.45, 7) is 3.09. The van der Waals surface area contributed by atoms with Crippen LogP contribution in [0.2, 0.25) is 0 Å². The van der Waals surface area contributed by atoms with Gasteiger partial charge in [-0.25, -0.2) is 0 Å². The van der Waals surface area contributed by atoms with E-state index in [0.29, 0.717) is 26.2 Å². The van der Waals surface area contributed by atoms with Crippen molar-refractivity contribution >= 4 is 17.7 Å². The molecule has 0 aliphatic carbocycles. The van der Waals surface area contributed by atoms with Gasteiger partial charge in [0.05, 0.1) is 19.5 Å². The van der Waals surface area contributed by atoms with Crippen molar-refractivity contribution in [3.05, 3.63) is 35.9 Å². The number of hydrogen-bond donors (Lipinski definition) is 1. The molecule has 1 heterocycles. The van der Waals surface area contributed by atoms with Crippen molar-refractivity contribution < 1.29 is 14.4 Å². The van der Waals surface area contributed by atoms with Crippen molar-refractivity contribution in [2.45, 2.75) is 12.8 Å². The molecule has 0 aromatic heterocycles. The topological polar surface area (TPSA) is 73.0 Å². The quantitative estimate of drug-likeness (QED) is 0.773. The minimum absolute atomic E-state index is 0.0162. The first-order valence-corrected chi connectivity index (χ1v) is 8.96. The summed E-state index contributed by atoms with van der Waals surface area (Å²) in [6, 6.07) is 9.45. The van der Waals surface area contributed by atoms with Crippen LogP contribution in [-0.2, 0) is 20.8 Å². The van der Waals surface area contributed by atoms with Crippen molar-refractivity contribution in [1.29, 1.82) is 0 Å². The maximum Gasteiger partial charge on any atom is 0.242 e. The Morgan fingerprint density at radius 3 is 2.46 bits per heavy atom. The Morgan fingerprint density at radius 2 is 1.77 bits per heavy atom. The summed E-state index contributed by atoms with van der Waals surface area (Å²) in [7, 11) is 3.49. The predicted octanol–water partition coefficient (Wildman–Crippen LogP) is -0.0322.